The normalized spacial score (nSPS) is 15.8. The van der Waals surface area contributed by atoms with Gasteiger partial charge in [-0.1, -0.05) is 12.8 Å². The molecular weight excluding hydrogens is 254 g/mol. The summed E-state index contributed by atoms with van der Waals surface area (Å²) in [5.74, 6) is 2.99. The summed E-state index contributed by atoms with van der Waals surface area (Å²) in [6, 6.07) is 4.07. The molecule has 1 aromatic rings. The minimum absolute atomic E-state index is 0.103. The van der Waals surface area contributed by atoms with Crippen molar-refractivity contribution in [3.63, 3.8) is 0 Å². The summed E-state index contributed by atoms with van der Waals surface area (Å²) in [5, 5.41) is 0. The predicted octanol–water partition coefficient (Wildman–Crippen LogP) is 2.77. The van der Waals surface area contributed by atoms with Gasteiger partial charge in [0.1, 0.15) is 0 Å². The molecule has 1 atom stereocenters. The van der Waals surface area contributed by atoms with Crippen molar-refractivity contribution in [3.8, 4) is 17.2 Å². The molecule has 4 nitrogen and oxygen atoms in total. The van der Waals surface area contributed by atoms with Crippen molar-refractivity contribution in [3.05, 3.63) is 17.7 Å². The highest BCUT2D eigenvalue weighted by molar-refractivity contribution is 5.54. The molecule has 2 rings (SSSR count). The SMILES string of the molecule is COc1cc(CC(C)N)cc(OC)c1OCCC1CC1. The predicted molar refractivity (Wildman–Crippen MR) is 79.7 cm³/mol. The second kappa shape index (κ2) is 6.84. The van der Waals surface area contributed by atoms with Gasteiger partial charge < -0.3 is 19.9 Å². The fourth-order valence-corrected chi connectivity index (χ4v) is 2.30. The Labute approximate surface area is 121 Å². The van der Waals surface area contributed by atoms with Gasteiger partial charge in [-0.25, -0.2) is 0 Å². The first-order chi connectivity index (χ1) is 9.63. The van der Waals surface area contributed by atoms with Crippen LogP contribution in [0, 0.1) is 5.92 Å². The van der Waals surface area contributed by atoms with E-state index in [1.54, 1.807) is 14.2 Å². The molecule has 4 heteroatoms. The second-order valence-corrected chi connectivity index (χ2v) is 5.59. The molecule has 1 unspecified atom stereocenters. The molecule has 20 heavy (non-hydrogen) atoms. The van der Waals surface area contributed by atoms with Crippen molar-refractivity contribution >= 4 is 0 Å². The minimum Gasteiger partial charge on any atom is -0.493 e. The topological polar surface area (TPSA) is 53.7 Å². The number of hydrogen-bond acceptors (Lipinski definition) is 4. The molecule has 112 valence electrons. The molecule has 0 spiro atoms. The lowest BCUT2D eigenvalue weighted by molar-refractivity contribution is 0.265. The summed E-state index contributed by atoms with van der Waals surface area (Å²) < 4.78 is 16.8. The van der Waals surface area contributed by atoms with E-state index in [1.807, 2.05) is 19.1 Å². The Hall–Kier alpha value is -1.42. The van der Waals surface area contributed by atoms with Crippen molar-refractivity contribution in [2.75, 3.05) is 20.8 Å². The summed E-state index contributed by atoms with van der Waals surface area (Å²) in [6.45, 7) is 2.70. The zero-order valence-electron chi connectivity index (χ0n) is 12.6. The molecule has 1 fully saturated rings. The first kappa shape index (κ1) is 15.0. The first-order valence-corrected chi connectivity index (χ1v) is 7.27. The van der Waals surface area contributed by atoms with E-state index in [0.29, 0.717) is 12.4 Å². The molecular formula is C16H25NO3. The number of ether oxygens (including phenoxy) is 3. The van der Waals surface area contributed by atoms with Crippen LogP contribution in [0.1, 0.15) is 31.7 Å². The lowest BCUT2D eigenvalue weighted by Gasteiger charge is -2.16. The van der Waals surface area contributed by atoms with Crippen LogP contribution in [0.3, 0.4) is 0 Å². The van der Waals surface area contributed by atoms with E-state index in [4.69, 9.17) is 19.9 Å². The Morgan fingerprint density at radius 3 is 2.25 bits per heavy atom. The van der Waals surface area contributed by atoms with Crippen molar-refractivity contribution < 1.29 is 14.2 Å². The van der Waals surface area contributed by atoms with E-state index in [2.05, 4.69) is 0 Å². The Morgan fingerprint density at radius 2 is 1.80 bits per heavy atom. The number of hydrogen-bond donors (Lipinski definition) is 1. The lowest BCUT2D eigenvalue weighted by atomic mass is 10.1. The highest BCUT2D eigenvalue weighted by atomic mass is 16.5. The van der Waals surface area contributed by atoms with Gasteiger partial charge in [0.05, 0.1) is 20.8 Å². The Kier molecular flexibility index (Phi) is 5.12. The second-order valence-electron chi connectivity index (χ2n) is 5.59. The Balaban J connectivity index is 2.13. The number of benzene rings is 1. The van der Waals surface area contributed by atoms with Crippen LogP contribution in [-0.4, -0.2) is 26.9 Å². The Morgan fingerprint density at radius 1 is 1.20 bits per heavy atom. The maximum absolute atomic E-state index is 5.88. The van der Waals surface area contributed by atoms with E-state index in [-0.39, 0.29) is 6.04 Å². The monoisotopic (exact) mass is 279 g/mol. The maximum Gasteiger partial charge on any atom is 0.203 e. The highest BCUT2D eigenvalue weighted by Crippen LogP contribution is 2.40. The van der Waals surface area contributed by atoms with Gasteiger partial charge in [0, 0.05) is 6.04 Å². The fraction of sp³-hybridized carbons (Fsp3) is 0.625. The van der Waals surface area contributed by atoms with Crippen LogP contribution in [0.5, 0.6) is 17.2 Å². The molecule has 0 amide bonds. The smallest absolute Gasteiger partial charge is 0.203 e. The Bertz CT molecular complexity index is 416. The molecule has 0 saturated heterocycles. The molecule has 2 N–H and O–H groups in total. The number of methoxy groups -OCH3 is 2. The van der Waals surface area contributed by atoms with Crippen LogP contribution >= 0.6 is 0 Å². The number of rotatable bonds is 8. The third-order valence-electron chi connectivity index (χ3n) is 3.55. The van der Waals surface area contributed by atoms with E-state index in [0.717, 1.165) is 35.8 Å². The summed E-state index contributed by atoms with van der Waals surface area (Å²) in [6.07, 6.45) is 4.57. The first-order valence-electron chi connectivity index (χ1n) is 7.27. The van der Waals surface area contributed by atoms with E-state index in [9.17, 15) is 0 Å². The average molecular weight is 279 g/mol. The third-order valence-corrected chi connectivity index (χ3v) is 3.55. The van der Waals surface area contributed by atoms with Crippen LogP contribution < -0.4 is 19.9 Å². The maximum atomic E-state index is 5.88. The van der Waals surface area contributed by atoms with E-state index < -0.39 is 0 Å². The molecule has 1 saturated carbocycles. The third kappa shape index (κ3) is 4.04. The standard InChI is InChI=1S/C16H25NO3/c1-11(17)8-13-9-14(18-2)16(15(10-13)19-3)20-7-6-12-4-5-12/h9-12H,4-8,17H2,1-3H3. The van der Waals surface area contributed by atoms with Gasteiger partial charge in [0.25, 0.3) is 0 Å². The lowest BCUT2D eigenvalue weighted by Crippen LogP contribution is -2.17. The van der Waals surface area contributed by atoms with Crippen molar-refractivity contribution in [2.45, 2.75) is 38.6 Å². The molecule has 1 aliphatic rings. The zero-order valence-corrected chi connectivity index (χ0v) is 12.6. The molecule has 0 heterocycles. The van der Waals surface area contributed by atoms with Crippen LogP contribution in [0.15, 0.2) is 12.1 Å². The average Bonchev–Trinajstić information content (AvgIpc) is 3.22. The summed E-state index contributed by atoms with van der Waals surface area (Å²) in [5.41, 5.74) is 6.95. The van der Waals surface area contributed by atoms with Gasteiger partial charge >= 0.3 is 0 Å². The van der Waals surface area contributed by atoms with Gasteiger partial charge in [-0.2, -0.15) is 0 Å². The van der Waals surface area contributed by atoms with Crippen LogP contribution in [0.2, 0.25) is 0 Å². The van der Waals surface area contributed by atoms with Crippen LogP contribution in [0.4, 0.5) is 0 Å². The van der Waals surface area contributed by atoms with E-state index >= 15 is 0 Å². The minimum atomic E-state index is 0.103. The van der Waals surface area contributed by atoms with E-state index in [1.165, 1.54) is 12.8 Å². The molecule has 0 aromatic heterocycles. The van der Waals surface area contributed by atoms with Crippen LogP contribution in [0.25, 0.3) is 0 Å². The molecule has 1 aromatic carbocycles. The summed E-state index contributed by atoms with van der Waals surface area (Å²) >= 11 is 0. The van der Waals surface area contributed by atoms with Gasteiger partial charge in [-0.15, -0.1) is 0 Å². The van der Waals surface area contributed by atoms with Gasteiger partial charge in [-0.3, -0.25) is 0 Å². The molecule has 0 bridgehead atoms. The summed E-state index contributed by atoms with van der Waals surface area (Å²) in [7, 11) is 3.30. The zero-order chi connectivity index (χ0) is 14.5. The van der Waals surface area contributed by atoms with Crippen molar-refractivity contribution in [1.29, 1.82) is 0 Å². The van der Waals surface area contributed by atoms with Crippen molar-refractivity contribution in [2.24, 2.45) is 11.7 Å². The van der Waals surface area contributed by atoms with Gasteiger partial charge in [-0.05, 0) is 43.4 Å². The quantitative estimate of drug-likeness (QED) is 0.795. The van der Waals surface area contributed by atoms with Crippen LogP contribution in [-0.2, 0) is 6.42 Å². The van der Waals surface area contributed by atoms with Crippen molar-refractivity contribution in [1.82, 2.24) is 0 Å². The number of nitrogens with two attached hydrogens (primary N) is 1. The van der Waals surface area contributed by atoms with Gasteiger partial charge in [0.2, 0.25) is 5.75 Å². The molecule has 0 aliphatic heterocycles. The molecule has 1 aliphatic carbocycles. The summed E-state index contributed by atoms with van der Waals surface area (Å²) in [4.78, 5) is 0. The fourth-order valence-electron chi connectivity index (χ4n) is 2.30. The highest BCUT2D eigenvalue weighted by Gasteiger charge is 2.22. The van der Waals surface area contributed by atoms with Gasteiger partial charge in [0.15, 0.2) is 11.5 Å². The molecule has 0 radical (unpaired) electrons. The largest absolute Gasteiger partial charge is 0.493 e.